The largest absolute Gasteiger partial charge is 0.497 e. The van der Waals surface area contributed by atoms with Gasteiger partial charge >= 0.3 is 0 Å². The molecule has 1 aliphatic heterocycles. The van der Waals surface area contributed by atoms with E-state index in [1.807, 2.05) is 29.2 Å². The van der Waals surface area contributed by atoms with Crippen molar-refractivity contribution < 1.29 is 23.7 Å². The van der Waals surface area contributed by atoms with Crippen LogP contribution in [0.3, 0.4) is 0 Å². The number of thiophene rings is 1. The Kier molecular flexibility index (Phi) is 8.44. The zero-order valence-electron chi connectivity index (χ0n) is 19.7. The molecule has 2 aromatic carbocycles. The normalized spacial score (nSPS) is 15.2. The molecule has 1 aliphatic rings. The van der Waals surface area contributed by atoms with Gasteiger partial charge in [0.2, 0.25) is 0 Å². The Balaban J connectivity index is 1.50. The number of nitrogens with zero attached hydrogens (tertiary/aromatic N) is 1. The standard InChI is InChI=1S/C27H31NO5S/c1-30-22-8-9-26(31-2)25(16-22)27(29)28(18-24-7-4-12-32-24)17-21-5-3-6-23(15-21)33-13-10-20-11-14-34-19-20/h3,5-6,8-9,11,14-16,19,24H,4,7,10,12-13,17-18H2,1-2H3/t24-/m1/s1. The first-order valence-corrected chi connectivity index (χ1v) is 12.5. The van der Waals surface area contributed by atoms with Crippen molar-refractivity contribution in [3.8, 4) is 17.2 Å². The van der Waals surface area contributed by atoms with Gasteiger partial charge in [0.05, 0.1) is 32.5 Å². The summed E-state index contributed by atoms with van der Waals surface area (Å²) in [4.78, 5) is 15.5. The quantitative estimate of drug-likeness (QED) is 0.376. The van der Waals surface area contributed by atoms with E-state index in [2.05, 4.69) is 16.8 Å². The molecule has 7 heteroatoms. The molecule has 4 rings (SSSR count). The molecule has 180 valence electrons. The second-order valence-electron chi connectivity index (χ2n) is 8.26. The topological polar surface area (TPSA) is 57.2 Å². The summed E-state index contributed by atoms with van der Waals surface area (Å²) in [6.45, 7) is 2.31. The molecule has 1 aromatic heterocycles. The molecule has 0 unspecified atom stereocenters. The summed E-state index contributed by atoms with van der Waals surface area (Å²) < 4.78 is 22.7. The number of ether oxygens (including phenoxy) is 4. The van der Waals surface area contributed by atoms with E-state index in [1.165, 1.54) is 5.56 Å². The van der Waals surface area contributed by atoms with Crippen LogP contribution in [0.5, 0.6) is 17.2 Å². The highest BCUT2D eigenvalue weighted by Gasteiger charge is 2.26. The zero-order chi connectivity index (χ0) is 23.8. The van der Waals surface area contributed by atoms with Crippen LogP contribution in [0.4, 0.5) is 0 Å². The van der Waals surface area contributed by atoms with Crippen molar-refractivity contribution >= 4 is 17.2 Å². The fourth-order valence-electron chi connectivity index (χ4n) is 4.08. The zero-order valence-corrected chi connectivity index (χ0v) is 20.5. The van der Waals surface area contributed by atoms with Gasteiger partial charge in [0.25, 0.3) is 5.91 Å². The van der Waals surface area contributed by atoms with Crippen molar-refractivity contribution in [3.63, 3.8) is 0 Å². The maximum Gasteiger partial charge on any atom is 0.258 e. The van der Waals surface area contributed by atoms with E-state index in [4.69, 9.17) is 18.9 Å². The Morgan fingerprint density at radius 3 is 2.74 bits per heavy atom. The summed E-state index contributed by atoms with van der Waals surface area (Å²) in [5, 5.41) is 4.22. The third-order valence-electron chi connectivity index (χ3n) is 5.88. The van der Waals surface area contributed by atoms with E-state index >= 15 is 0 Å². The first-order valence-electron chi connectivity index (χ1n) is 11.5. The highest BCUT2D eigenvalue weighted by Crippen LogP contribution is 2.27. The summed E-state index contributed by atoms with van der Waals surface area (Å²) in [5.41, 5.74) is 2.76. The number of benzene rings is 2. The second kappa shape index (κ2) is 11.9. The molecule has 1 atom stereocenters. The number of hydrogen-bond acceptors (Lipinski definition) is 6. The Labute approximate surface area is 205 Å². The monoisotopic (exact) mass is 481 g/mol. The second-order valence-corrected chi connectivity index (χ2v) is 9.04. The molecular formula is C27H31NO5S. The van der Waals surface area contributed by atoms with Crippen molar-refractivity contribution in [3.05, 3.63) is 76.0 Å². The van der Waals surface area contributed by atoms with Gasteiger partial charge in [0, 0.05) is 26.1 Å². The van der Waals surface area contributed by atoms with Crippen LogP contribution in [-0.4, -0.2) is 50.9 Å². The molecule has 0 spiro atoms. The molecular weight excluding hydrogens is 450 g/mol. The van der Waals surface area contributed by atoms with Gasteiger partial charge in [0.1, 0.15) is 17.2 Å². The van der Waals surface area contributed by atoms with Crippen molar-refractivity contribution in [2.45, 2.75) is 31.9 Å². The molecule has 1 fully saturated rings. The van der Waals surface area contributed by atoms with Crippen molar-refractivity contribution in [2.24, 2.45) is 0 Å². The summed E-state index contributed by atoms with van der Waals surface area (Å²) >= 11 is 1.69. The first-order chi connectivity index (χ1) is 16.7. The Hall–Kier alpha value is -3.03. The summed E-state index contributed by atoms with van der Waals surface area (Å²) in [5.74, 6) is 1.82. The Bertz CT molecular complexity index is 1060. The van der Waals surface area contributed by atoms with E-state index in [9.17, 15) is 4.79 Å². The van der Waals surface area contributed by atoms with E-state index in [0.29, 0.717) is 36.8 Å². The highest BCUT2D eigenvalue weighted by molar-refractivity contribution is 7.07. The lowest BCUT2D eigenvalue weighted by Crippen LogP contribution is -2.37. The number of amides is 1. The predicted octanol–water partition coefficient (Wildman–Crippen LogP) is 5.21. The van der Waals surface area contributed by atoms with Crippen molar-refractivity contribution in [1.29, 1.82) is 0 Å². The molecule has 0 N–H and O–H groups in total. The third-order valence-corrected chi connectivity index (χ3v) is 6.62. The minimum absolute atomic E-state index is 0.0330. The van der Waals surface area contributed by atoms with Crippen molar-refractivity contribution in [1.82, 2.24) is 4.90 Å². The van der Waals surface area contributed by atoms with Gasteiger partial charge in [-0.25, -0.2) is 0 Å². The molecule has 1 amide bonds. The number of rotatable bonds is 11. The molecule has 0 radical (unpaired) electrons. The molecule has 2 heterocycles. The average molecular weight is 482 g/mol. The molecule has 0 saturated carbocycles. The highest BCUT2D eigenvalue weighted by atomic mass is 32.1. The van der Waals surface area contributed by atoms with Crippen LogP contribution in [0.2, 0.25) is 0 Å². The maximum atomic E-state index is 13.7. The van der Waals surface area contributed by atoms with Crippen LogP contribution in [0.25, 0.3) is 0 Å². The van der Waals surface area contributed by atoms with E-state index < -0.39 is 0 Å². The number of methoxy groups -OCH3 is 2. The molecule has 0 aliphatic carbocycles. The lowest BCUT2D eigenvalue weighted by atomic mass is 10.1. The van der Waals surface area contributed by atoms with E-state index in [1.54, 1.807) is 43.8 Å². The minimum Gasteiger partial charge on any atom is -0.497 e. The van der Waals surface area contributed by atoms with Gasteiger partial charge in [-0.1, -0.05) is 12.1 Å². The van der Waals surface area contributed by atoms with Crippen LogP contribution in [0.15, 0.2) is 59.3 Å². The third kappa shape index (κ3) is 6.30. The number of carbonyl (C=O) groups excluding carboxylic acids is 1. The molecule has 3 aromatic rings. The van der Waals surface area contributed by atoms with Gasteiger partial charge in [-0.15, -0.1) is 0 Å². The molecule has 34 heavy (non-hydrogen) atoms. The van der Waals surface area contributed by atoms with Gasteiger partial charge in [0.15, 0.2) is 0 Å². The summed E-state index contributed by atoms with van der Waals surface area (Å²) in [6, 6.07) is 15.3. The van der Waals surface area contributed by atoms with Crippen LogP contribution < -0.4 is 14.2 Å². The molecule has 1 saturated heterocycles. The Morgan fingerprint density at radius 2 is 2.00 bits per heavy atom. The van der Waals surface area contributed by atoms with Gasteiger partial charge in [-0.2, -0.15) is 11.3 Å². The van der Waals surface area contributed by atoms with Crippen LogP contribution >= 0.6 is 11.3 Å². The Morgan fingerprint density at radius 1 is 1.09 bits per heavy atom. The van der Waals surface area contributed by atoms with Crippen LogP contribution in [0.1, 0.15) is 34.3 Å². The number of carbonyl (C=O) groups is 1. The number of hydrogen-bond donors (Lipinski definition) is 0. The van der Waals surface area contributed by atoms with Crippen LogP contribution in [0, 0.1) is 0 Å². The smallest absolute Gasteiger partial charge is 0.258 e. The summed E-state index contributed by atoms with van der Waals surface area (Å²) in [6.07, 6.45) is 2.87. The molecule has 0 bridgehead atoms. The van der Waals surface area contributed by atoms with Crippen LogP contribution in [-0.2, 0) is 17.7 Å². The van der Waals surface area contributed by atoms with E-state index in [-0.39, 0.29) is 12.0 Å². The lowest BCUT2D eigenvalue weighted by Gasteiger charge is -2.26. The predicted molar refractivity (Wildman–Crippen MR) is 133 cm³/mol. The average Bonchev–Trinajstić information content (AvgIpc) is 3.58. The van der Waals surface area contributed by atoms with E-state index in [0.717, 1.165) is 37.2 Å². The SMILES string of the molecule is COc1ccc(OC)c(C(=O)N(Cc2cccc(OCCc3ccsc3)c2)C[C@H]2CCCO2)c1. The lowest BCUT2D eigenvalue weighted by molar-refractivity contribution is 0.0504. The summed E-state index contributed by atoms with van der Waals surface area (Å²) in [7, 11) is 3.16. The maximum absolute atomic E-state index is 13.7. The first kappa shape index (κ1) is 24.1. The van der Waals surface area contributed by atoms with Crippen molar-refractivity contribution in [2.75, 3.05) is 34.0 Å². The molecule has 6 nitrogen and oxygen atoms in total. The fraction of sp³-hybridized carbons (Fsp3) is 0.370. The fourth-order valence-corrected chi connectivity index (χ4v) is 4.78. The minimum atomic E-state index is -0.116. The van der Waals surface area contributed by atoms with Gasteiger partial charge in [-0.3, -0.25) is 4.79 Å². The van der Waals surface area contributed by atoms with Gasteiger partial charge < -0.3 is 23.8 Å². The van der Waals surface area contributed by atoms with Gasteiger partial charge in [-0.05, 0) is 71.1 Å².